The molecule has 0 saturated carbocycles. The Balaban J connectivity index is 0.00000225. The number of hydrogen-bond donors (Lipinski definition) is 0. The van der Waals surface area contributed by atoms with Crippen molar-refractivity contribution in [1.29, 1.82) is 0 Å². The van der Waals surface area contributed by atoms with Gasteiger partial charge in [0.1, 0.15) is 11.6 Å². The van der Waals surface area contributed by atoms with E-state index >= 15 is 0 Å². The van der Waals surface area contributed by atoms with Crippen molar-refractivity contribution < 1.29 is 42.6 Å². The van der Waals surface area contributed by atoms with E-state index in [0.717, 1.165) is 12.1 Å². The van der Waals surface area contributed by atoms with Crippen molar-refractivity contribution >= 4 is 17.6 Å². The molecule has 0 atom stereocenters. The fraction of sp³-hybridized carbons (Fsp3) is 0.222. The summed E-state index contributed by atoms with van der Waals surface area (Å²) in [5.74, 6) is -2.49. The summed E-state index contributed by atoms with van der Waals surface area (Å²) >= 11 is 5.46. The van der Waals surface area contributed by atoms with E-state index < -0.39 is 17.3 Å². The molecule has 1 rings (SSSR count). The van der Waals surface area contributed by atoms with Crippen molar-refractivity contribution in [3.63, 3.8) is 0 Å². The first-order valence-corrected chi connectivity index (χ1v) is 4.26. The van der Waals surface area contributed by atoms with Gasteiger partial charge in [0, 0.05) is 18.7 Å². The molecule has 0 aliphatic rings. The minimum absolute atomic E-state index is 0. The number of halogens is 2. The van der Waals surface area contributed by atoms with Gasteiger partial charge in [0.05, 0.1) is 11.0 Å². The molecule has 0 heterocycles. The molecule has 0 spiro atoms. The zero-order valence-electron chi connectivity index (χ0n) is 8.75. The Morgan fingerprint density at radius 3 is 2.69 bits per heavy atom. The maximum atomic E-state index is 12.9. The molecular weight excluding hydrogens is 233 g/mol. The fourth-order valence-electron chi connectivity index (χ4n) is 0.930. The number of hydrogen-bond acceptors (Lipinski definition) is 4. The fourth-order valence-corrected chi connectivity index (χ4v) is 1.08. The molecule has 0 amide bonds. The first-order valence-electron chi connectivity index (χ1n) is 3.88. The number of rotatable bonds is 4. The second-order valence-corrected chi connectivity index (χ2v) is 3.01. The summed E-state index contributed by atoms with van der Waals surface area (Å²) in [5.41, 5.74) is -0.408. The van der Waals surface area contributed by atoms with Crippen molar-refractivity contribution in [3.05, 3.63) is 28.5 Å². The van der Waals surface area contributed by atoms with Crippen molar-refractivity contribution in [2.45, 2.75) is 0 Å². The Labute approximate surface area is 108 Å². The third-order valence-corrected chi connectivity index (χ3v) is 1.86. The second-order valence-electron chi connectivity index (χ2n) is 2.60. The first kappa shape index (κ1) is 15.3. The van der Waals surface area contributed by atoms with Crippen LogP contribution in [0.4, 0.5) is 4.39 Å². The molecule has 0 aromatic heterocycles. The molecule has 0 aliphatic heterocycles. The molecule has 0 bridgehead atoms. The van der Waals surface area contributed by atoms with E-state index in [9.17, 15) is 14.3 Å². The van der Waals surface area contributed by atoms with E-state index in [1.165, 1.54) is 7.11 Å². The molecule has 0 saturated heterocycles. The van der Waals surface area contributed by atoms with Gasteiger partial charge in [0.2, 0.25) is 0 Å². The topological polar surface area (TPSA) is 58.6 Å². The standard InChI is InChI=1S/C9H8ClFO4.Li/c1-14-4-15-8-3-6(10)7(11)2-5(8)9(12)13;/h2-3H,4H2,1H3,(H,12,13);/q;+1/p-1. The summed E-state index contributed by atoms with van der Waals surface area (Å²) in [7, 11) is 1.36. The molecule has 16 heavy (non-hydrogen) atoms. The van der Waals surface area contributed by atoms with E-state index in [2.05, 4.69) is 4.74 Å². The first-order chi connectivity index (χ1) is 7.06. The summed E-state index contributed by atoms with van der Waals surface area (Å²) in [5, 5.41) is 10.4. The van der Waals surface area contributed by atoms with Gasteiger partial charge >= 0.3 is 18.9 Å². The van der Waals surface area contributed by atoms with Gasteiger partial charge in [0.25, 0.3) is 0 Å². The molecular formula is C9H7ClFLiO4. The Morgan fingerprint density at radius 1 is 1.56 bits per heavy atom. The number of aromatic carboxylic acids is 1. The molecule has 0 radical (unpaired) electrons. The monoisotopic (exact) mass is 240 g/mol. The van der Waals surface area contributed by atoms with E-state index in [1.54, 1.807) is 0 Å². The van der Waals surface area contributed by atoms with Crippen LogP contribution in [0.25, 0.3) is 0 Å². The molecule has 1 aromatic carbocycles. The van der Waals surface area contributed by atoms with Gasteiger partial charge in [-0.15, -0.1) is 0 Å². The maximum Gasteiger partial charge on any atom is 1.00 e. The predicted octanol–water partition coefficient (Wildman–Crippen LogP) is -2.17. The second kappa shape index (κ2) is 6.77. The number of benzene rings is 1. The molecule has 82 valence electrons. The van der Waals surface area contributed by atoms with Gasteiger partial charge in [-0.25, -0.2) is 4.39 Å². The number of carboxylic acids is 1. The van der Waals surface area contributed by atoms with Crippen LogP contribution in [0.1, 0.15) is 10.4 Å². The van der Waals surface area contributed by atoms with Crippen LogP contribution in [-0.2, 0) is 4.74 Å². The number of methoxy groups -OCH3 is 1. The van der Waals surface area contributed by atoms with E-state index in [1.807, 2.05) is 0 Å². The summed E-state index contributed by atoms with van der Waals surface area (Å²) in [6, 6.07) is 1.80. The van der Waals surface area contributed by atoms with Gasteiger partial charge in [-0.1, -0.05) is 11.6 Å². The van der Waals surface area contributed by atoms with Crippen molar-refractivity contribution in [3.8, 4) is 5.75 Å². The van der Waals surface area contributed by atoms with Crippen molar-refractivity contribution in [1.82, 2.24) is 0 Å². The number of carboxylic acid groups (broad SMARTS) is 1. The van der Waals surface area contributed by atoms with E-state index in [4.69, 9.17) is 16.3 Å². The van der Waals surface area contributed by atoms with Crippen LogP contribution < -0.4 is 28.7 Å². The summed E-state index contributed by atoms with van der Waals surface area (Å²) < 4.78 is 22.4. The van der Waals surface area contributed by atoms with Gasteiger partial charge in [0.15, 0.2) is 6.79 Å². The smallest absolute Gasteiger partial charge is 0.545 e. The minimum Gasteiger partial charge on any atom is -0.545 e. The van der Waals surface area contributed by atoms with Gasteiger partial charge < -0.3 is 19.4 Å². The van der Waals surface area contributed by atoms with Crippen LogP contribution in [0.5, 0.6) is 5.75 Å². The maximum absolute atomic E-state index is 12.9. The Hall–Kier alpha value is -0.733. The summed E-state index contributed by atoms with van der Waals surface area (Å²) in [6.45, 7) is -0.164. The van der Waals surface area contributed by atoms with E-state index in [-0.39, 0.29) is 36.4 Å². The van der Waals surface area contributed by atoms with Crippen LogP contribution in [0.2, 0.25) is 5.02 Å². The van der Waals surface area contributed by atoms with Crippen LogP contribution in [0.15, 0.2) is 12.1 Å². The quantitative estimate of drug-likeness (QED) is 0.444. The molecule has 0 unspecified atom stereocenters. The van der Waals surface area contributed by atoms with Crippen LogP contribution in [0, 0.1) is 5.82 Å². The van der Waals surface area contributed by atoms with Crippen LogP contribution in [0.3, 0.4) is 0 Å². The number of ether oxygens (including phenoxy) is 2. The molecule has 0 fully saturated rings. The van der Waals surface area contributed by atoms with Crippen LogP contribution >= 0.6 is 11.6 Å². The largest absolute Gasteiger partial charge is 1.00 e. The predicted molar refractivity (Wildman–Crippen MR) is 48.2 cm³/mol. The normalized spacial score (nSPS) is 9.44. The Bertz CT molecular complexity index is 386. The summed E-state index contributed by atoms with van der Waals surface area (Å²) in [6.07, 6.45) is 0. The average Bonchev–Trinajstić information content (AvgIpc) is 2.19. The zero-order valence-corrected chi connectivity index (χ0v) is 9.51. The van der Waals surface area contributed by atoms with Crippen molar-refractivity contribution in [2.24, 2.45) is 0 Å². The number of carbonyl (C=O) groups excluding carboxylic acids is 1. The summed E-state index contributed by atoms with van der Waals surface area (Å²) in [4.78, 5) is 10.6. The third kappa shape index (κ3) is 3.69. The van der Waals surface area contributed by atoms with E-state index in [0.29, 0.717) is 0 Å². The molecule has 1 aromatic rings. The van der Waals surface area contributed by atoms with Crippen molar-refractivity contribution in [2.75, 3.05) is 13.9 Å². The molecule has 7 heteroatoms. The third-order valence-electron chi connectivity index (χ3n) is 1.57. The average molecular weight is 241 g/mol. The van der Waals surface area contributed by atoms with Gasteiger partial charge in [-0.05, 0) is 6.07 Å². The Morgan fingerprint density at radius 2 is 2.19 bits per heavy atom. The molecule has 0 N–H and O–H groups in total. The SMILES string of the molecule is COCOc1cc(Cl)c(F)cc1C(=O)[O-].[Li+]. The zero-order chi connectivity index (χ0) is 11.4. The molecule has 4 nitrogen and oxygen atoms in total. The molecule has 0 aliphatic carbocycles. The minimum atomic E-state index is -1.54. The Kier molecular flexibility index (Phi) is 6.46. The van der Waals surface area contributed by atoms with Gasteiger partial charge in [-0.2, -0.15) is 0 Å². The van der Waals surface area contributed by atoms with Crippen LogP contribution in [-0.4, -0.2) is 19.9 Å². The van der Waals surface area contributed by atoms with Gasteiger partial charge in [-0.3, -0.25) is 0 Å². The number of carbonyl (C=O) groups is 1.